The number of piperazine rings is 1. The Morgan fingerprint density at radius 2 is 1.64 bits per heavy atom. The Kier molecular flexibility index (Phi) is 5.68. The SMILES string of the molecule is O=C(C(Br)Cc1ccccc1F)N1CCN(c2ccc(F)cc2)CC1. The van der Waals surface area contributed by atoms with Crippen LogP contribution in [0.1, 0.15) is 5.56 Å². The molecule has 0 N–H and O–H groups in total. The van der Waals surface area contributed by atoms with Gasteiger partial charge in [0.2, 0.25) is 5.91 Å². The van der Waals surface area contributed by atoms with Crippen LogP contribution in [0.4, 0.5) is 14.5 Å². The lowest BCUT2D eigenvalue weighted by Crippen LogP contribution is -2.51. The molecule has 0 bridgehead atoms. The van der Waals surface area contributed by atoms with Gasteiger partial charge in [-0.3, -0.25) is 4.79 Å². The van der Waals surface area contributed by atoms with Crippen molar-refractivity contribution in [3.63, 3.8) is 0 Å². The number of amides is 1. The molecule has 0 aromatic heterocycles. The van der Waals surface area contributed by atoms with E-state index < -0.39 is 4.83 Å². The zero-order chi connectivity index (χ0) is 17.8. The van der Waals surface area contributed by atoms with Gasteiger partial charge in [-0.15, -0.1) is 0 Å². The number of hydrogen-bond acceptors (Lipinski definition) is 2. The van der Waals surface area contributed by atoms with Gasteiger partial charge in [-0.2, -0.15) is 0 Å². The van der Waals surface area contributed by atoms with Gasteiger partial charge in [0.05, 0.1) is 4.83 Å². The van der Waals surface area contributed by atoms with Crippen molar-refractivity contribution < 1.29 is 13.6 Å². The summed E-state index contributed by atoms with van der Waals surface area (Å²) in [5.41, 5.74) is 1.48. The number of halogens is 3. The highest BCUT2D eigenvalue weighted by Gasteiger charge is 2.26. The minimum absolute atomic E-state index is 0.0259. The molecule has 0 radical (unpaired) electrons. The fourth-order valence-corrected chi connectivity index (χ4v) is 3.62. The first-order chi connectivity index (χ1) is 12.0. The van der Waals surface area contributed by atoms with Crippen LogP contribution in [0.3, 0.4) is 0 Å². The molecule has 3 rings (SSSR count). The second-order valence-electron chi connectivity index (χ2n) is 6.05. The second kappa shape index (κ2) is 7.95. The maximum atomic E-state index is 13.7. The third-order valence-electron chi connectivity index (χ3n) is 4.41. The average Bonchev–Trinajstić information content (AvgIpc) is 2.64. The quantitative estimate of drug-likeness (QED) is 0.721. The highest BCUT2D eigenvalue weighted by atomic mass is 79.9. The molecule has 1 atom stereocenters. The van der Waals surface area contributed by atoms with Crippen LogP contribution in [0.5, 0.6) is 0 Å². The van der Waals surface area contributed by atoms with Crippen molar-refractivity contribution in [1.82, 2.24) is 4.90 Å². The molecule has 25 heavy (non-hydrogen) atoms. The van der Waals surface area contributed by atoms with E-state index >= 15 is 0 Å². The van der Waals surface area contributed by atoms with E-state index in [2.05, 4.69) is 20.8 Å². The molecule has 2 aromatic carbocycles. The van der Waals surface area contributed by atoms with Crippen LogP contribution in [0.25, 0.3) is 0 Å². The van der Waals surface area contributed by atoms with Gasteiger partial charge in [0, 0.05) is 31.9 Å². The van der Waals surface area contributed by atoms with Crippen LogP contribution < -0.4 is 4.90 Å². The van der Waals surface area contributed by atoms with Crippen LogP contribution in [-0.2, 0) is 11.2 Å². The predicted octanol–water partition coefficient (Wildman–Crippen LogP) is 3.62. The number of carbonyl (C=O) groups excluding carboxylic acids is 1. The van der Waals surface area contributed by atoms with E-state index in [9.17, 15) is 13.6 Å². The summed E-state index contributed by atoms with van der Waals surface area (Å²) >= 11 is 3.40. The number of alkyl halides is 1. The van der Waals surface area contributed by atoms with Gasteiger partial charge in [0.25, 0.3) is 0 Å². The predicted molar refractivity (Wildman–Crippen MR) is 98.0 cm³/mol. The Morgan fingerprint density at radius 1 is 1.00 bits per heavy atom. The Balaban J connectivity index is 1.56. The lowest BCUT2D eigenvalue weighted by Gasteiger charge is -2.37. The third-order valence-corrected chi connectivity index (χ3v) is 5.12. The Morgan fingerprint density at radius 3 is 2.28 bits per heavy atom. The molecule has 0 spiro atoms. The Labute approximate surface area is 154 Å². The first-order valence-electron chi connectivity index (χ1n) is 8.21. The molecule has 132 valence electrons. The maximum absolute atomic E-state index is 13.7. The summed E-state index contributed by atoms with van der Waals surface area (Å²) in [6.07, 6.45) is 0.323. The molecule has 2 aromatic rings. The number of benzene rings is 2. The fourth-order valence-electron chi connectivity index (χ4n) is 2.98. The van der Waals surface area contributed by atoms with Crippen molar-refractivity contribution in [1.29, 1.82) is 0 Å². The third kappa shape index (κ3) is 4.37. The number of hydrogen-bond donors (Lipinski definition) is 0. The lowest BCUT2D eigenvalue weighted by molar-refractivity contribution is -0.130. The summed E-state index contributed by atoms with van der Waals surface area (Å²) in [5, 5.41) is 0. The van der Waals surface area contributed by atoms with E-state index in [4.69, 9.17) is 0 Å². The molecule has 1 aliphatic rings. The zero-order valence-electron chi connectivity index (χ0n) is 13.7. The van der Waals surface area contributed by atoms with E-state index in [1.54, 1.807) is 35.2 Å². The summed E-state index contributed by atoms with van der Waals surface area (Å²) in [7, 11) is 0. The topological polar surface area (TPSA) is 23.6 Å². The van der Waals surface area contributed by atoms with Crippen molar-refractivity contribution in [2.75, 3.05) is 31.1 Å². The first kappa shape index (κ1) is 17.9. The molecule has 1 unspecified atom stereocenters. The van der Waals surface area contributed by atoms with E-state index in [1.807, 2.05) is 0 Å². The van der Waals surface area contributed by atoms with E-state index in [1.165, 1.54) is 18.2 Å². The van der Waals surface area contributed by atoms with E-state index in [-0.39, 0.29) is 17.5 Å². The molecule has 6 heteroatoms. The molecule has 1 fully saturated rings. The van der Waals surface area contributed by atoms with Crippen molar-refractivity contribution in [2.24, 2.45) is 0 Å². The standard InChI is InChI=1S/C19H19BrF2N2O/c20-17(13-14-3-1-2-4-18(14)22)19(25)24-11-9-23(10-12-24)16-7-5-15(21)6-8-16/h1-8,17H,9-13H2. The van der Waals surface area contributed by atoms with Gasteiger partial charge in [-0.05, 0) is 42.3 Å². The van der Waals surface area contributed by atoms with Crippen molar-refractivity contribution in [3.05, 3.63) is 65.7 Å². The molecule has 1 amide bonds. The Hall–Kier alpha value is -1.95. The summed E-state index contributed by atoms with van der Waals surface area (Å²) in [6.45, 7) is 2.57. The molecule has 0 saturated carbocycles. The second-order valence-corrected chi connectivity index (χ2v) is 7.16. The number of carbonyl (C=O) groups is 1. The van der Waals surface area contributed by atoms with Gasteiger partial charge in [-0.1, -0.05) is 34.1 Å². The first-order valence-corrected chi connectivity index (χ1v) is 9.13. The summed E-state index contributed by atoms with van der Waals surface area (Å²) in [6, 6.07) is 12.9. The Bertz CT molecular complexity index is 730. The highest BCUT2D eigenvalue weighted by Crippen LogP contribution is 2.20. The fraction of sp³-hybridized carbons (Fsp3) is 0.316. The minimum atomic E-state index is -0.443. The van der Waals surface area contributed by atoms with Crippen LogP contribution in [0.15, 0.2) is 48.5 Å². The van der Waals surface area contributed by atoms with Crippen LogP contribution in [-0.4, -0.2) is 41.8 Å². The van der Waals surface area contributed by atoms with E-state index in [0.717, 1.165) is 5.69 Å². The average molecular weight is 409 g/mol. The summed E-state index contributed by atoms with van der Waals surface area (Å²) in [5.74, 6) is -0.573. The zero-order valence-corrected chi connectivity index (χ0v) is 15.3. The molecular weight excluding hydrogens is 390 g/mol. The summed E-state index contributed by atoms with van der Waals surface area (Å²) in [4.78, 5) is 16.1. The van der Waals surface area contributed by atoms with Gasteiger partial charge in [-0.25, -0.2) is 8.78 Å². The van der Waals surface area contributed by atoms with Gasteiger partial charge in [0.15, 0.2) is 0 Å². The molecule has 1 saturated heterocycles. The molecule has 1 heterocycles. The van der Waals surface area contributed by atoms with Crippen LogP contribution >= 0.6 is 15.9 Å². The van der Waals surface area contributed by atoms with Crippen molar-refractivity contribution >= 4 is 27.5 Å². The number of anilines is 1. The van der Waals surface area contributed by atoms with Crippen molar-refractivity contribution in [3.8, 4) is 0 Å². The molecule has 3 nitrogen and oxygen atoms in total. The largest absolute Gasteiger partial charge is 0.368 e. The minimum Gasteiger partial charge on any atom is -0.368 e. The lowest BCUT2D eigenvalue weighted by atomic mass is 10.1. The van der Waals surface area contributed by atoms with Gasteiger partial charge in [0.1, 0.15) is 11.6 Å². The van der Waals surface area contributed by atoms with Crippen LogP contribution in [0, 0.1) is 11.6 Å². The number of rotatable bonds is 4. The normalized spacial score (nSPS) is 16.0. The summed E-state index contributed by atoms with van der Waals surface area (Å²) < 4.78 is 26.8. The number of nitrogens with zero attached hydrogens (tertiary/aromatic N) is 2. The monoisotopic (exact) mass is 408 g/mol. The maximum Gasteiger partial charge on any atom is 0.236 e. The molecular formula is C19H19BrF2N2O. The van der Waals surface area contributed by atoms with Gasteiger partial charge < -0.3 is 9.80 Å². The molecule has 0 aliphatic carbocycles. The smallest absolute Gasteiger partial charge is 0.236 e. The molecule has 1 aliphatic heterocycles. The van der Waals surface area contributed by atoms with Crippen LogP contribution in [0.2, 0.25) is 0 Å². The van der Waals surface area contributed by atoms with Gasteiger partial charge >= 0.3 is 0 Å². The highest BCUT2D eigenvalue weighted by molar-refractivity contribution is 9.10. The van der Waals surface area contributed by atoms with Crippen molar-refractivity contribution in [2.45, 2.75) is 11.2 Å². The van der Waals surface area contributed by atoms with E-state index in [0.29, 0.717) is 38.2 Å².